The molecule has 1 heterocycles. The van der Waals surface area contributed by atoms with Gasteiger partial charge in [0, 0.05) is 12.6 Å². The van der Waals surface area contributed by atoms with Gasteiger partial charge in [0.2, 0.25) is 11.1 Å². The van der Waals surface area contributed by atoms with E-state index in [0.29, 0.717) is 22.9 Å². The quantitative estimate of drug-likeness (QED) is 0.758. The summed E-state index contributed by atoms with van der Waals surface area (Å²) < 4.78 is 1.75. The number of hydrogen-bond acceptors (Lipinski definition) is 5. The number of rotatable bonds is 6. The van der Waals surface area contributed by atoms with Crippen LogP contribution in [-0.4, -0.2) is 37.9 Å². The van der Waals surface area contributed by atoms with Crippen molar-refractivity contribution >= 4 is 17.7 Å². The molecule has 1 fully saturated rings. The molecule has 6 nitrogen and oxygen atoms in total. The number of tetrazole rings is 1. The number of aromatic nitrogens is 4. The van der Waals surface area contributed by atoms with Crippen molar-refractivity contribution < 1.29 is 4.79 Å². The van der Waals surface area contributed by atoms with Gasteiger partial charge in [-0.1, -0.05) is 25.6 Å². The molecule has 0 atom stereocenters. The van der Waals surface area contributed by atoms with Crippen LogP contribution in [0.15, 0.2) is 5.16 Å². The highest BCUT2D eigenvalue weighted by Gasteiger charge is 2.23. The summed E-state index contributed by atoms with van der Waals surface area (Å²) in [5.74, 6) is 0.935. The predicted molar refractivity (Wildman–Crippen MR) is 64.5 cm³/mol. The third-order valence-electron chi connectivity index (χ3n) is 2.31. The van der Waals surface area contributed by atoms with E-state index in [0.717, 1.165) is 19.4 Å². The van der Waals surface area contributed by atoms with E-state index in [9.17, 15) is 4.79 Å². The Morgan fingerprint density at radius 1 is 1.59 bits per heavy atom. The Hall–Kier alpha value is -1.11. The second-order valence-electron chi connectivity index (χ2n) is 4.67. The van der Waals surface area contributed by atoms with E-state index in [1.165, 1.54) is 11.8 Å². The first kappa shape index (κ1) is 12.3. The van der Waals surface area contributed by atoms with Crippen LogP contribution >= 0.6 is 11.8 Å². The van der Waals surface area contributed by atoms with E-state index in [2.05, 4.69) is 34.7 Å². The molecule has 0 aromatic carbocycles. The fourth-order valence-corrected chi connectivity index (χ4v) is 2.09. The van der Waals surface area contributed by atoms with Crippen molar-refractivity contribution in [3.63, 3.8) is 0 Å². The summed E-state index contributed by atoms with van der Waals surface area (Å²) in [6.45, 7) is 4.99. The first-order chi connectivity index (χ1) is 8.15. The largest absolute Gasteiger partial charge is 0.353 e. The summed E-state index contributed by atoms with van der Waals surface area (Å²) >= 11 is 1.39. The molecule has 7 heteroatoms. The van der Waals surface area contributed by atoms with Crippen LogP contribution < -0.4 is 5.32 Å². The lowest BCUT2D eigenvalue weighted by Gasteiger charge is -2.06. The smallest absolute Gasteiger partial charge is 0.230 e. The van der Waals surface area contributed by atoms with Crippen LogP contribution in [0.5, 0.6) is 0 Å². The van der Waals surface area contributed by atoms with Gasteiger partial charge in [0.1, 0.15) is 0 Å². The van der Waals surface area contributed by atoms with Gasteiger partial charge in [0.15, 0.2) is 0 Å². The van der Waals surface area contributed by atoms with Crippen molar-refractivity contribution in [1.82, 2.24) is 25.5 Å². The lowest BCUT2D eigenvalue weighted by Crippen LogP contribution is -2.27. The number of hydrogen-bond donors (Lipinski definition) is 1. The second kappa shape index (κ2) is 5.48. The van der Waals surface area contributed by atoms with E-state index in [4.69, 9.17) is 0 Å². The molecular formula is C10H17N5OS. The molecule has 0 aliphatic heterocycles. The van der Waals surface area contributed by atoms with Crippen LogP contribution in [0.4, 0.5) is 0 Å². The van der Waals surface area contributed by atoms with E-state index in [1.807, 2.05) is 0 Å². The van der Waals surface area contributed by atoms with Crippen molar-refractivity contribution in [2.75, 3.05) is 5.75 Å². The Morgan fingerprint density at radius 3 is 3.00 bits per heavy atom. The van der Waals surface area contributed by atoms with Gasteiger partial charge in [-0.15, -0.1) is 5.10 Å². The number of amides is 1. The minimum atomic E-state index is 0.0663. The summed E-state index contributed by atoms with van der Waals surface area (Å²) in [4.78, 5) is 11.5. The van der Waals surface area contributed by atoms with Gasteiger partial charge in [-0.05, 0) is 29.2 Å². The van der Waals surface area contributed by atoms with Gasteiger partial charge < -0.3 is 5.32 Å². The van der Waals surface area contributed by atoms with Crippen molar-refractivity contribution in [3.8, 4) is 0 Å². The molecule has 94 valence electrons. The molecule has 2 rings (SSSR count). The van der Waals surface area contributed by atoms with Crippen molar-refractivity contribution in [2.24, 2.45) is 5.92 Å². The predicted octanol–water partition coefficient (Wildman–Crippen LogP) is 0.700. The monoisotopic (exact) mass is 255 g/mol. The zero-order valence-corrected chi connectivity index (χ0v) is 10.9. The highest BCUT2D eigenvalue weighted by Crippen LogP contribution is 2.20. The van der Waals surface area contributed by atoms with E-state index >= 15 is 0 Å². The zero-order chi connectivity index (χ0) is 12.3. The van der Waals surface area contributed by atoms with Crippen LogP contribution in [0.3, 0.4) is 0 Å². The highest BCUT2D eigenvalue weighted by atomic mass is 32.2. The summed E-state index contributed by atoms with van der Waals surface area (Å²) in [6, 6.07) is 0.412. The zero-order valence-electron chi connectivity index (χ0n) is 10.1. The summed E-state index contributed by atoms with van der Waals surface area (Å²) in [5, 5.41) is 15.1. The Morgan fingerprint density at radius 2 is 2.35 bits per heavy atom. The Bertz CT molecular complexity index is 388. The molecule has 1 aliphatic carbocycles. The van der Waals surface area contributed by atoms with E-state index in [1.54, 1.807) is 4.68 Å². The van der Waals surface area contributed by atoms with Crippen LogP contribution in [-0.2, 0) is 11.3 Å². The molecule has 1 aromatic heterocycles. The van der Waals surface area contributed by atoms with Crippen molar-refractivity contribution in [3.05, 3.63) is 0 Å². The molecule has 0 spiro atoms. The molecule has 1 saturated carbocycles. The molecular weight excluding hydrogens is 238 g/mol. The molecule has 0 saturated heterocycles. The Balaban J connectivity index is 1.80. The highest BCUT2D eigenvalue weighted by molar-refractivity contribution is 7.99. The number of carbonyl (C=O) groups is 1. The number of nitrogens with one attached hydrogen (secondary N) is 1. The van der Waals surface area contributed by atoms with Crippen LogP contribution in [0, 0.1) is 5.92 Å². The Kier molecular flexibility index (Phi) is 3.98. The van der Waals surface area contributed by atoms with E-state index < -0.39 is 0 Å². The van der Waals surface area contributed by atoms with Gasteiger partial charge in [-0.3, -0.25) is 4.79 Å². The maximum absolute atomic E-state index is 11.5. The minimum absolute atomic E-state index is 0.0663. The first-order valence-electron chi connectivity index (χ1n) is 5.83. The maximum atomic E-state index is 11.5. The molecule has 1 N–H and O–H groups in total. The third-order valence-corrected chi connectivity index (χ3v) is 3.27. The van der Waals surface area contributed by atoms with Gasteiger partial charge in [-0.2, -0.15) is 0 Å². The Labute approximate surface area is 105 Å². The van der Waals surface area contributed by atoms with Gasteiger partial charge in [0.25, 0.3) is 0 Å². The molecule has 0 radical (unpaired) electrons. The molecule has 1 amide bonds. The maximum Gasteiger partial charge on any atom is 0.230 e. The summed E-state index contributed by atoms with van der Waals surface area (Å²) in [6.07, 6.45) is 2.23. The normalized spacial score (nSPS) is 15.2. The summed E-state index contributed by atoms with van der Waals surface area (Å²) in [7, 11) is 0. The minimum Gasteiger partial charge on any atom is -0.353 e. The van der Waals surface area contributed by atoms with Crippen molar-refractivity contribution in [1.29, 1.82) is 0 Å². The topological polar surface area (TPSA) is 72.7 Å². The molecule has 1 aromatic rings. The third kappa shape index (κ3) is 3.99. The molecule has 17 heavy (non-hydrogen) atoms. The van der Waals surface area contributed by atoms with E-state index in [-0.39, 0.29) is 5.91 Å². The number of thioether (sulfide) groups is 1. The van der Waals surface area contributed by atoms with Gasteiger partial charge in [-0.25, -0.2) is 4.68 Å². The number of carbonyl (C=O) groups excluding carboxylic acids is 1. The average Bonchev–Trinajstić information content (AvgIpc) is 2.95. The average molecular weight is 255 g/mol. The second-order valence-corrected chi connectivity index (χ2v) is 5.61. The van der Waals surface area contributed by atoms with Crippen molar-refractivity contribution in [2.45, 2.75) is 44.4 Å². The lowest BCUT2D eigenvalue weighted by atomic mass is 10.2. The molecule has 0 bridgehead atoms. The van der Waals surface area contributed by atoms with Crippen LogP contribution in [0.2, 0.25) is 0 Å². The molecule has 1 aliphatic rings. The first-order valence-corrected chi connectivity index (χ1v) is 6.82. The van der Waals surface area contributed by atoms with Crippen LogP contribution in [0.1, 0.15) is 26.7 Å². The SMILES string of the molecule is CC(C)Cn1nnnc1SCC(=O)NC1CC1. The fraction of sp³-hybridized carbons (Fsp3) is 0.800. The molecule has 0 unspecified atom stereocenters. The number of nitrogens with zero attached hydrogens (tertiary/aromatic N) is 4. The summed E-state index contributed by atoms with van der Waals surface area (Å²) in [5.41, 5.74) is 0. The van der Waals surface area contributed by atoms with Gasteiger partial charge >= 0.3 is 0 Å². The standard InChI is InChI=1S/C10H17N5OS/c1-7(2)5-15-10(12-13-14-15)17-6-9(16)11-8-3-4-8/h7-8H,3-6H2,1-2H3,(H,11,16). The lowest BCUT2D eigenvalue weighted by molar-refractivity contribution is -0.118. The fourth-order valence-electron chi connectivity index (χ4n) is 1.39. The van der Waals surface area contributed by atoms with Gasteiger partial charge in [0.05, 0.1) is 5.75 Å². The van der Waals surface area contributed by atoms with Crippen LogP contribution in [0.25, 0.3) is 0 Å².